The van der Waals surface area contributed by atoms with E-state index in [1.165, 1.54) is 77.2 Å². The summed E-state index contributed by atoms with van der Waals surface area (Å²) >= 11 is 0. The van der Waals surface area contributed by atoms with Gasteiger partial charge in [-0.1, -0.05) is 200 Å². The van der Waals surface area contributed by atoms with Crippen molar-refractivity contribution >= 4 is 38.6 Å². The highest BCUT2D eigenvalue weighted by Gasteiger charge is 2.23. The summed E-state index contributed by atoms with van der Waals surface area (Å²) in [5.41, 5.74) is 15.1. The zero-order valence-electron chi connectivity index (χ0n) is 31.5. The molecule has 0 amide bonds. The van der Waals surface area contributed by atoms with Crippen LogP contribution in [0.5, 0.6) is 0 Å². The minimum absolute atomic E-state index is 1.08. The van der Waals surface area contributed by atoms with Crippen molar-refractivity contribution < 1.29 is 0 Å². The monoisotopic (exact) mass is 725 g/mol. The highest BCUT2D eigenvalue weighted by atomic mass is 15.1. The highest BCUT2D eigenvalue weighted by molar-refractivity contribution is 6.02. The molecule has 1 heteroatoms. The van der Waals surface area contributed by atoms with Crippen LogP contribution < -0.4 is 4.90 Å². The molecule has 1 nitrogen and oxygen atoms in total. The van der Waals surface area contributed by atoms with E-state index >= 15 is 0 Å². The molecule has 0 bridgehead atoms. The third-order valence-corrected chi connectivity index (χ3v) is 11.1. The maximum absolute atomic E-state index is 2.45. The van der Waals surface area contributed by atoms with Gasteiger partial charge in [-0.15, -0.1) is 0 Å². The normalized spacial score (nSPS) is 11.2. The molecular formula is C56H39N. The molecule has 0 aliphatic heterocycles. The van der Waals surface area contributed by atoms with E-state index in [9.17, 15) is 0 Å². The van der Waals surface area contributed by atoms with Gasteiger partial charge in [0.1, 0.15) is 0 Å². The molecule has 0 radical (unpaired) electrons. The van der Waals surface area contributed by atoms with E-state index in [1.807, 2.05) is 0 Å². The average molecular weight is 726 g/mol. The number of rotatable bonds is 8. The van der Waals surface area contributed by atoms with E-state index in [0.29, 0.717) is 0 Å². The van der Waals surface area contributed by atoms with Crippen molar-refractivity contribution in [3.8, 4) is 55.6 Å². The van der Waals surface area contributed by atoms with Gasteiger partial charge in [0.25, 0.3) is 0 Å². The molecule has 0 N–H and O–H groups in total. The lowest BCUT2D eigenvalue weighted by molar-refractivity contribution is 1.28. The molecular weight excluding hydrogens is 687 g/mol. The minimum atomic E-state index is 1.08. The van der Waals surface area contributed by atoms with Crippen molar-refractivity contribution in [1.82, 2.24) is 0 Å². The Morgan fingerprint density at radius 3 is 1.58 bits per heavy atom. The van der Waals surface area contributed by atoms with E-state index in [4.69, 9.17) is 0 Å². The predicted molar refractivity (Wildman–Crippen MR) is 243 cm³/mol. The van der Waals surface area contributed by atoms with Crippen LogP contribution in [0.2, 0.25) is 0 Å². The molecule has 0 spiro atoms. The van der Waals surface area contributed by atoms with E-state index in [-0.39, 0.29) is 0 Å². The van der Waals surface area contributed by atoms with Gasteiger partial charge in [-0.3, -0.25) is 0 Å². The van der Waals surface area contributed by atoms with E-state index < -0.39 is 0 Å². The summed E-state index contributed by atoms with van der Waals surface area (Å²) in [6, 6.07) is 85.8. The molecule has 0 aliphatic carbocycles. The minimum Gasteiger partial charge on any atom is -0.310 e. The third kappa shape index (κ3) is 6.56. The molecule has 0 saturated carbocycles. The average Bonchev–Trinajstić information content (AvgIpc) is 3.29. The van der Waals surface area contributed by atoms with E-state index in [0.717, 1.165) is 17.1 Å². The Bertz CT molecular complexity index is 2990. The molecule has 268 valence electrons. The first kappa shape index (κ1) is 34.0. The van der Waals surface area contributed by atoms with Gasteiger partial charge in [0, 0.05) is 16.9 Å². The summed E-state index contributed by atoms with van der Waals surface area (Å²) in [5, 5.41) is 4.96. The van der Waals surface area contributed by atoms with E-state index in [1.54, 1.807) is 0 Å². The summed E-state index contributed by atoms with van der Waals surface area (Å²) in [5.74, 6) is 0. The maximum Gasteiger partial charge on any atom is 0.0546 e. The van der Waals surface area contributed by atoms with Crippen molar-refractivity contribution in [2.24, 2.45) is 0 Å². The van der Waals surface area contributed by atoms with Gasteiger partial charge < -0.3 is 4.90 Å². The molecule has 0 aliphatic rings. The summed E-state index contributed by atoms with van der Waals surface area (Å²) in [7, 11) is 0. The van der Waals surface area contributed by atoms with Gasteiger partial charge in [0.05, 0.1) is 5.69 Å². The smallest absolute Gasteiger partial charge is 0.0546 e. The quantitative estimate of drug-likeness (QED) is 0.151. The fourth-order valence-corrected chi connectivity index (χ4v) is 8.33. The fraction of sp³-hybridized carbons (Fsp3) is 0. The first-order valence-electron chi connectivity index (χ1n) is 19.6. The highest BCUT2D eigenvalue weighted by Crippen LogP contribution is 2.48. The molecule has 0 saturated heterocycles. The zero-order valence-corrected chi connectivity index (χ0v) is 31.5. The molecule has 57 heavy (non-hydrogen) atoms. The van der Waals surface area contributed by atoms with Gasteiger partial charge in [0.2, 0.25) is 0 Å². The molecule has 0 unspecified atom stereocenters. The second-order valence-corrected chi connectivity index (χ2v) is 14.5. The fourth-order valence-electron chi connectivity index (χ4n) is 8.33. The number of hydrogen-bond acceptors (Lipinski definition) is 1. The second-order valence-electron chi connectivity index (χ2n) is 14.5. The topological polar surface area (TPSA) is 3.24 Å². The largest absolute Gasteiger partial charge is 0.310 e. The Morgan fingerprint density at radius 1 is 0.246 bits per heavy atom. The van der Waals surface area contributed by atoms with Crippen LogP contribution >= 0.6 is 0 Å². The molecule has 10 aromatic rings. The molecule has 0 heterocycles. The van der Waals surface area contributed by atoms with Crippen LogP contribution in [0.1, 0.15) is 0 Å². The van der Waals surface area contributed by atoms with Crippen LogP contribution in [0.15, 0.2) is 237 Å². The number of hydrogen-bond donors (Lipinski definition) is 0. The predicted octanol–water partition coefficient (Wildman–Crippen LogP) is 15.8. The summed E-state index contributed by atoms with van der Waals surface area (Å²) in [4.78, 5) is 2.45. The van der Waals surface area contributed by atoms with Crippen molar-refractivity contribution in [1.29, 1.82) is 0 Å². The van der Waals surface area contributed by atoms with Crippen LogP contribution in [0, 0.1) is 0 Å². The Kier molecular flexibility index (Phi) is 8.95. The Balaban J connectivity index is 1.21. The van der Waals surface area contributed by atoms with Gasteiger partial charge in [-0.05, 0) is 108 Å². The summed E-state index contributed by atoms with van der Waals surface area (Å²) in [6.45, 7) is 0. The number of fused-ring (bicyclic) bond motifs is 2. The van der Waals surface area contributed by atoms with Crippen LogP contribution in [-0.4, -0.2) is 0 Å². The standard InChI is InChI=1S/C56H39N/c1-3-17-42(18-4-1)51-27-11-12-28-54(51)56-53(44-19-5-2-6-20-44)30-15-31-55(56)57(48-36-34-41(35-37-48)46-33-32-40-16-7-8-22-45(40)38-46)49-25-13-24-47(39-49)52-29-14-23-43-21-9-10-26-50(43)52/h1-39H. The lowest BCUT2D eigenvalue weighted by Gasteiger charge is -2.30. The third-order valence-electron chi connectivity index (χ3n) is 11.1. The van der Waals surface area contributed by atoms with Crippen molar-refractivity contribution in [2.75, 3.05) is 4.90 Å². The summed E-state index contributed by atoms with van der Waals surface area (Å²) in [6.07, 6.45) is 0. The Morgan fingerprint density at radius 2 is 0.789 bits per heavy atom. The van der Waals surface area contributed by atoms with Crippen molar-refractivity contribution in [3.05, 3.63) is 237 Å². The lowest BCUT2D eigenvalue weighted by Crippen LogP contribution is -2.12. The van der Waals surface area contributed by atoms with Crippen LogP contribution in [-0.2, 0) is 0 Å². The molecule has 10 rings (SSSR count). The first-order valence-corrected chi connectivity index (χ1v) is 19.6. The molecule has 0 aromatic heterocycles. The van der Waals surface area contributed by atoms with Gasteiger partial charge in [-0.25, -0.2) is 0 Å². The Labute approximate surface area is 334 Å². The Hall–Kier alpha value is -7.48. The van der Waals surface area contributed by atoms with Crippen LogP contribution in [0.4, 0.5) is 17.1 Å². The van der Waals surface area contributed by atoms with Gasteiger partial charge in [0.15, 0.2) is 0 Å². The maximum atomic E-state index is 2.45. The van der Waals surface area contributed by atoms with Crippen molar-refractivity contribution in [3.63, 3.8) is 0 Å². The van der Waals surface area contributed by atoms with Gasteiger partial charge >= 0.3 is 0 Å². The van der Waals surface area contributed by atoms with Crippen LogP contribution in [0.25, 0.3) is 77.2 Å². The van der Waals surface area contributed by atoms with Gasteiger partial charge in [-0.2, -0.15) is 0 Å². The summed E-state index contributed by atoms with van der Waals surface area (Å²) < 4.78 is 0. The molecule has 0 fully saturated rings. The van der Waals surface area contributed by atoms with Crippen molar-refractivity contribution in [2.45, 2.75) is 0 Å². The second kappa shape index (κ2) is 15.0. The zero-order chi connectivity index (χ0) is 38.0. The number of anilines is 3. The van der Waals surface area contributed by atoms with E-state index in [2.05, 4.69) is 241 Å². The number of nitrogens with zero attached hydrogens (tertiary/aromatic N) is 1. The lowest BCUT2D eigenvalue weighted by atomic mass is 9.87. The first-order chi connectivity index (χ1) is 28.3. The van der Waals surface area contributed by atoms with Crippen LogP contribution in [0.3, 0.4) is 0 Å². The SMILES string of the molecule is c1ccc(-c2ccccc2-c2c(-c3ccccc3)cccc2N(c2ccc(-c3ccc4ccccc4c3)cc2)c2cccc(-c3cccc4ccccc34)c2)cc1. The number of benzene rings is 10. The molecule has 0 atom stereocenters. The molecule has 10 aromatic carbocycles.